The summed E-state index contributed by atoms with van der Waals surface area (Å²) >= 11 is 3.44. The van der Waals surface area contributed by atoms with E-state index >= 15 is 0 Å². The van der Waals surface area contributed by atoms with Crippen molar-refractivity contribution in [2.75, 3.05) is 5.73 Å². The minimum atomic E-state index is -3.93. The summed E-state index contributed by atoms with van der Waals surface area (Å²) in [4.78, 5) is 31.1. The zero-order valence-electron chi connectivity index (χ0n) is 10.5. The van der Waals surface area contributed by atoms with Crippen LogP contribution >= 0.6 is 19.0 Å². The number of ether oxygens (including phenoxy) is 1. The number of anilines is 1. The third-order valence-corrected chi connectivity index (χ3v) is 3.77. The monoisotopic (exact) mass is 333 g/mol. The lowest BCUT2D eigenvalue weighted by molar-refractivity contribution is -0.0967. The van der Waals surface area contributed by atoms with Crippen molar-refractivity contribution in [3.05, 3.63) is 16.7 Å². The van der Waals surface area contributed by atoms with E-state index in [9.17, 15) is 9.36 Å². The van der Waals surface area contributed by atoms with Gasteiger partial charge in [0.1, 0.15) is 6.23 Å². The number of hydrogen-bond acceptors (Lipinski definition) is 7. The second-order valence-corrected chi connectivity index (χ2v) is 7.18. The van der Waals surface area contributed by atoms with Gasteiger partial charge in [-0.25, -0.2) is 9.55 Å². The van der Waals surface area contributed by atoms with Crippen molar-refractivity contribution in [3.63, 3.8) is 0 Å². The van der Waals surface area contributed by atoms with E-state index in [2.05, 4.69) is 27.2 Å². The van der Waals surface area contributed by atoms with E-state index in [1.807, 2.05) is 0 Å². The van der Waals surface area contributed by atoms with Crippen LogP contribution in [0.25, 0.3) is 11.2 Å². The Morgan fingerprint density at radius 2 is 2.38 bits per heavy atom. The highest BCUT2D eigenvalue weighted by atomic mass is 32.7. The SMILES string of the molecule is Nc1nc2c(ncn2[C@H]2CC[C@@H](OP(=O)(O)S)O2)c(=O)[nH]1. The number of hydrogen-bond donors (Lipinski definition) is 4. The predicted molar refractivity (Wildman–Crippen MR) is 75.6 cm³/mol. The predicted octanol–water partition coefficient (Wildman–Crippen LogP) is 0.384. The summed E-state index contributed by atoms with van der Waals surface area (Å²) in [6, 6.07) is 0. The number of imidazole rings is 1. The topological polar surface area (TPSA) is 145 Å². The van der Waals surface area contributed by atoms with Gasteiger partial charge in [-0.2, -0.15) is 4.98 Å². The summed E-state index contributed by atoms with van der Waals surface area (Å²) in [7, 11) is 0. The van der Waals surface area contributed by atoms with Crippen LogP contribution in [0.4, 0.5) is 5.95 Å². The number of aromatic nitrogens is 4. The molecule has 3 atom stereocenters. The number of nitrogens with two attached hydrogens (primary N) is 1. The van der Waals surface area contributed by atoms with Gasteiger partial charge in [0.05, 0.1) is 6.33 Å². The van der Waals surface area contributed by atoms with E-state index in [0.29, 0.717) is 12.8 Å². The van der Waals surface area contributed by atoms with E-state index < -0.39 is 24.9 Å². The first-order valence-corrected chi connectivity index (χ1v) is 8.68. The van der Waals surface area contributed by atoms with Crippen molar-refractivity contribution in [3.8, 4) is 0 Å². The zero-order valence-corrected chi connectivity index (χ0v) is 12.3. The molecule has 1 fully saturated rings. The van der Waals surface area contributed by atoms with Crippen LogP contribution in [0.5, 0.6) is 0 Å². The van der Waals surface area contributed by atoms with Gasteiger partial charge in [-0.1, -0.05) is 12.2 Å². The van der Waals surface area contributed by atoms with Gasteiger partial charge in [-0.15, -0.1) is 0 Å². The average Bonchev–Trinajstić information content (AvgIpc) is 2.93. The third kappa shape index (κ3) is 2.97. The molecule has 4 N–H and O–H groups in total. The van der Waals surface area contributed by atoms with Crippen LogP contribution in [0.1, 0.15) is 19.1 Å². The highest BCUT2D eigenvalue weighted by molar-refractivity contribution is 8.44. The van der Waals surface area contributed by atoms with Crippen LogP contribution in [0.15, 0.2) is 11.1 Å². The highest BCUT2D eigenvalue weighted by Crippen LogP contribution is 2.50. The first-order chi connectivity index (χ1) is 9.83. The minimum Gasteiger partial charge on any atom is -0.369 e. The molecule has 1 unspecified atom stereocenters. The first-order valence-electron chi connectivity index (χ1n) is 5.95. The van der Waals surface area contributed by atoms with Crippen LogP contribution < -0.4 is 11.3 Å². The van der Waals surface area contributed by atoms with Crippen LogP contribution in [0, 0.1) is 0 Å². The summed E-state index contributed by atoms with van der Waals surface area (Å²) in [5.74, 6) is -0.0322. The quantitative estimate of drug-likeness (QED) is 0.466. The molecule has 0 aliphatic carbocycles. The molecule has 0 radical (unpaired) electrons. The number of thiol groups is 1. The molecule has 0 saturated carbocycles. The van der Waals surface area contributed by atoms with Gasteiger partial charge in [-0.3, -0.25) is 18.9 Å². The Kier molecular flexibility index (Phi) is 3.54. The first kappa shape index (κ1) is 14.5. The van der Waals surface area contributed by atoms with Gasteiger partial charge >= 0.3 is 6.80 Å². The molecular formula is C9H12N5O5PS. The molecule has 1 aliphatic heterocycles. The number of nitrogens with zero attached hydrogens (tertiary/aromatic N) is 3. The molecule has 3 rings (SSSR count). The van der Waals surface area contributed by atoms with E-state index in [1.165, 1.54) is 10.9 Å². The van der Waals surface area contributed by atoms with Crippen molar-refractivity contribution in [2.45, 2.75) is 25.4 Å². The van der Waals surface area contributed by atoms with E-state index in [1.54, 1.807) is 0 Å². The Bertz CT molecular complexity index is 784. The standard InChI is InChI=1S/C9H12N5O5PS/c10-9-12-7-6(8(15)13-9)11-3-14(7)4-1-2-5(18-4)19-20(16,17)21/h3-5H,1-2H2,(H2,16,17,21)(H3,10,12,13,15)/t4-,5-/m1/s1. The number of nitrogens with one attached hydrogen (secondary N) is 1. The summed E-state index contributed by atoms with van der Waals surface area (Å²) in [5, 5.41) is 0. The second-order valence-electron chi connectivity index (χ2n) is 4.47. The molecule has 0 aromatic carbocycles. The molecule has 0 amide bonds. The summed E-state index contributed by atoms with van der Waals surface area (Å²) in [5.41, 5.74) is 5.48. The molecule has 3 heterocycles. The number of H-pyrrole nitrogens is 1. The smallest absolute Gasteiger partial charge is 0.369 e. The fourth-order valence-electron chi connectivity index (χ4n) is 2.18. The molecule has 21 heavy (non-hydrogen) atoms. The Morgan fingerprint density at radius 1 is 1.62 bits per heavy atom. The summed E-state index contributed by atoms with van der Waals surface area (Å²) in [6.07, 6.45) is 0.916. The van der Waals surface area contributed by atoms with Gasteiger partial charge in [0.15, 0.2) is 17.5 Å². The van der Waals surface area contributed by atoms with Gasteiger partial charge in [0.2, 0.25) is 5.95 Å². The third-order valence-electron chi connectivity index (χ3n) is 2.97. The largest absolute Gasteiger partial charge is 0.385 e. The summed E-state index contributed by atoms with van der Waals surface area (Å²) < 4.78 is 22.9. The molecular weight excluding hydrogens is 321 g/mol. The molecule has 1 aliphatic rings. The van der Waals surface area contributed by atoms with Crippen LogP contribution in [-0.4, -0.2) is 30.7 Å². The lowest BCUT2D eigenvalue weighted by atomic mass is 10.3. The van der Waals surface area contributed by atoms with Crippen LogP contribution in [0.3, 0.4) is 0 Å². The minimum absolute atomic E-state index is 0.0322. The van der Waals surface area contributed by atoms with Crippen LogP contribution in [-0.2, 0) is 13.8 Å². The Morgan fingerprint density at radius 3 is 3.10 bits per heavy atom. The Balaban J connectivity index is 1.89. The average molecular weight is 333 g/mol. The number of fused-ring (bicyclic) bond motifs is 1. The normalized spacial score (nSPS) is 25.2. The molecule has 2 aromatic rings. The zero-order chi connectivity index (χ0) is 15.2. The van der Waals surface area contributed by atoms with E-state index in [-0.39, 0.29) is 17.1 Å². The molecule has 12 heteroatoms. The van der Waals surface area contributed by atoms with Crippen molar-refractivity contribution in [1.29, 1.82) is 0 Å². The molecule has 114 valence electrons. The molecule has 10 nitrogen and oxygen atoms in total. The van der Waals surface area contributed by atoms with Gasteiger partial charge in [0.25, 0.3) is 5.56 Å². The van der Waals surface area contributed by atoms with Gasteiger partial charge in [0, 0.05) is 6.42 Å². The lowest BCUT2D eigenvalue weighted by Crippen LogP contribution is -2.15. The molecule has 1 saturated heterocycles. The van der Waals surface area contributed by atoms with Gasteiger partial charge in [-0.05, 0) is 6.42 Å². The molecule has 2 aromatic heterocycles. The van der Waals surface area contributed by atoms with Crippen molar-refractivity contribution in [1.82, 2.24) is 19.5 Å². The maximum atomic E-state index is 11.7. The highest BCUT2D eigenvalue weighted by Gasteiger charge is 2.32. The van der Waals surface area contributed by atoms with E-state index in [0.717, 1.165) is 0 Å². The lowest BCUT2D eigenvalue weighted by Gasteiger charge is -2.16. The molecule has 0 spiro atoms. The second kappa shape index (κ2) is 5.11. The van der Waals surface area contributed by atoms with Crippen molar-refractivity contribution in [2.24, 2.45) is 0 Å². The fraction of sp³-hybridized carbons (Fsp3) is 0.444. The Hall–Kier alpha value is -1.39. The fourth-order valence-corrected chi connectivity index (χ4v) is 2.96. The van der Waals surface area contributed by atoms with E-state index in [4.69, 9.17) is 19.9 Å². The van der Waals surface area contributed by atoms with Crippen molar-refractivity contribution < 1.29 is 18.7 Å². The maximum Gasteiger partial charge on any atom is 0.385 e. The maximum absolute atomic E-state index is 11.7. The molecule has 0 bridgehead atoms. The number of nitrogen functional groups attached to an aromatic ring is 1. The summed E-state index contributed by atoms with van der Waals surface area (Å²) in [6.45, 7) is -3.93. The van der Waals surface area contributed by atoms with Crippen LogP contribution in [0.2, 0.25) is 0 Å². The van der Waals surface area contributed by atoms with Gasteiger partial charge < -0.3 is 15.4 Å². The Labute approximate surface area is 123 Å². The number of rotatable bonds is 3. The number of aromatic amines is 1. The van der Waals surface area contributed by atoms with Crippen molar-refractivity contribution >= 4 is 36.2 Å².